The van der Waals surface area contributed by atoms with Crippen LogP contribution < -0.4 is 10.1 Å². The van der Waals surface area contributed by atoms with Gasteiger partial charge in [-0.25, -0.2) is 0 Å². The van der Waals surface area contributed by atoms with Crippen LogP contribution in [0.3, 0.4) is 0 Å². The molecular formula is C19H20N2O2. The molecule has 4 heteroatoms. The van der Waals surface area contributed by atoms with Crippen LogP contribution in [0.2, 0.25) is 0 Å². The van der Waals surface area contributed by atoms with E-state index in [1.165, 1.54) is 5.56 Å². The average molecular weight is 308 g/mol. The number of fused-ring (bicyclic) bond motifs is 1. The van der Waals surface area contributed by atoms with E-state index in [1.54, 1.807) is 7.11 Å². The number of ether oxygens (including phenoxy) is 1. The molecule has 1 heterocycles. The van der Waals surface area contributed by atoms with Crippen LogP contribution in [0.15, 0.2) is 54.7 Å². The number of nitrogens with one attached hydrogen (secondary N) is 1. The molecule has 1 atom stereocenters. The van der Waals surface area contributed by atoms with Crippen molar-refractivity contribution in [2.75, 3.05) is 12.4 Å². The molecule has 0 radical (unpaired) electrons. The molecular weight excluding hydrogens is 288 g/mol. The van der Waals surface area contributed by atoms with Gasteiger partial charge in [-0.1, -0.05) is 23.8 Å². The van der Waals surface area contributed by atoms with Gasteiger partial charge in [0, 0.05) is 11.7 Å². The highest BCUT2D eigenvalue weighted by molar-refractivity contribution is 5.96. The van der Waals surface area contributed by atoms with Crippen LogP contribution in [0, 0.1) is 6.92 Å². The summed E-state index contributed by atoms with van der Waals surface area (Å²) >= 11 is 0. The Labute approximate surface area is 135 Å². The summed E-state index contributed by atoms with van der Waals surface area (Å²) in [4.78, 5) is 12.6. The second kappa shape index (κ2) is 6.16. The zero-order chi connectivity index (χ0) is 16.4. The van der Waals surface area contributed by atoms with Gasteiger partial charge in [0.2, 0.25) is 5.91 Å². The second-order valence-corrected chi connectivity index (χ2v) is 5.65. The lowest BCUT2D eigenvalue weighted by Gasteiger charge is -2.17. The summed E-state index contributed by atoms with van der Waals surface area (Å²) in [6, 6.07) is 15.4. The van der Waals surface area contributed by atoms with Crippen molar-refractivity contribution in [2.45, 2.75) is 19.9 Å². The SMILES string of the molecule is COc1ccccc1NC(=O)C(C)n1ccc2cc(C)ccc21. The molecule has 0 aliphatic heterocycles. The number of nitrogens with zero attached hydrogens (tertiary/aromatic N) is 1. The number of methoxy groups -OCH3 is 1. The number of para-hydroxylation sites is 2. The first-order valence-corrected chi connectivity index (χ1v) is 7.61. The molecule has 1 amide bonds. The zero-order valence-corrected chi connectivity index (χ0v) is 13.5. The quantitative estimate of drug-likeness (QED) is 0.786. The molecule has 0 aliphatic carbocycles. The minimum Gasteiger partial charge on any atom is -0.495 e. The molecule has 1 unspecified atom stereocenters. The van der Waals surface area contributed by atoms with Crippen LogP contribution in [-0.2, 0) is 4.79 Å². The Bertz CT molecular complexity index is 851. The Balaban J connectivity index is 1.86. The van der Waals surface area contributed by atoms with Crippen LogP contribution in [0.1, 0.15) is 18.5 Å². The number of aromatic nitrogens is 1. The smallest absolute Gasteiger partial charge is 0.247 e. The number of anilines is 1. The van der Waals surface area contributed by atoms with E-state index in [9.17, 15) is 4.79 Å². The van der Waals surface area contributed by atoms with Gasteiger partial charge in [-0.15, -0.1) is 0 Å². The molecule has 4 nitrogen and oxygen atoms in total. The summed E-state index contributed by atoms with van der Waals surface area (Å²) in [6.07, 6.45) is 1.95. The predicted octanol–water partition coefficient (Wildman–Crippen LogP) is 4.16. The fourth-order valence-electron chi connectivity index (χ4n) is 2.73. The van der Waals surface area contributed by atoms with Crippen LogP contribution in [0.25, 0.3) is 10.9 Å². The lowest BCUT2D eigenvalue weighted by Crippen LogP contribution is -2.23. The summed E-state index contributed by atoms with van der Waals surface area (Å²) in [5.74, 6) is 0.577. The van der Waals surface area contributed by atoms with Gasteiger partial charge in [-0.05, 0) is 49.6 Å². The monoisotopic (exact) mass is 308 g/mol. The number of aryl methyl sites for hydroxylation is 1. The van der Waals surface area contributed by atoms with Gasteiger partial charge >= 0.3 is 0 Å². The minimum atomic E-state index is -0.319. The van der Waals surface area contributed by atoms with E-state index in [-0.39, 0.29) is 11.9 Å². The summed E-state index contributed by atoms with van der Waals surface area (Å²) in [5.41, 5.74) is 2.94. The predicted molar refractivity (Wildman–Crippen MR) is 93.0 cm³/mol. The van der Waals surface area contributed by atoms with Crippen LogP contribution in [0.5, 0.6) is 5.75 Å². The number of benzene rings is 2. The lowest BCUT2D eigenvalue weighted by atomic mass is 10.2. The molecule has 0 aliphatic rings. The van der Waals surface area contributed by atoms with Crippen molar-refractivity contribution in [2.24, 2.45) is 0 Å². The average Bonchev–Trinajstić information content (AvgIpc) is 2.97. The van der Waals surface area contributed by atoms with E-state index in [4.69, 9.17) is 4.74 Å². The summed E-state index contributed by atoms with van der Waals surface area (Å²) in [7, 11) is 1.59. The number of rotatable bonds is 4. The molecule has 2 aromatic carbocycles. The molecule has 3 aromatic rings. The van der Waals surface area contributed by atoms with Crippen LogP contribution >= 0.6 is 0 Å². The van der Waals surface area contributed by atoms with Crippen molar-refractivity contribution in [3.8, 4) is 5.75 Å². The number of amides is 1. The summed E-state index contributed by atoms with van der Waals surface area (Å²) in [6.45, 7) is 3.96. The van der Waals surface area contributed by atoms with E-state index < -0.39 is 0 Å². The standard InChI is InChI=1S/C19H20N2O2/c1-13-8-9-17-15(12-13)10-11-21(17)14(2)19(22)20-16-6-4-5-7-18(16)23-3/h4-12,14H,1-3H3,(H,20,22). The molecule has 0 bridgehead atoms. The fraction of sp³-hybridized carbons (Fsp3) is 0.211. The summed E-state index contributed by atoms with van der Waals surface area (Å²) in [5, 5.41) is 4.08. The van der Waals surface area contributed by atoms with E-state index in [0.717, 1.165) is 10.9 Å². The van der Waals surface area contributed by atoms with E-state index in [1.807, 2.05) is 48.0 Å². The second-order valence-electron chi connectivity index (χ2n) is 5.65. The van der Waals surface area contributed by atoms with Crippen molar-refractivity contribution < 1.29 is 9.53 Å². The van der Waals surface area contributed by atoms with Crippen molar-refractivity contribution in [1.82, 2.24) is 4.57 Å². The van der Waals surface area contributed by atoms with Gasteiger partial charge in [0.25, 0.3) is 0 Å². The third-order valence-electron chi connectivity index (χ3n) is 4.04. The number of hydrogen-bond acceptors (Lipinski definition) is 2. The highest BCUT2D eigenvalue weighted by Gasteiger charge is 2.17. The molecule has 1 aromatic heterocycles. The molecule has 1 N–H and O–H groups in total. The Morgan fingerprint density at radius 1 is 1.17 bits per heavy atom. The molecule has 0 saturated heterocycles. The first-order valence-electron chi connectivity index (χ1n) is 7.61. The largest absolute Gasteiger partial charge is 0.495 e. The zero-order valence-electron chi connectivity index (χ0n) is 13.5. The molecule has 23 heavy (non-hydrogen) atoms. The van der Waals surface area contributed by atoms with Gasteiger partial charge in [-0.2, -0.15) is 0 Å². The maximum atomic E-state index is 12.6. The highest BCUT2D eigenvalue weighted by Crippen LogP contribution is 2.26. The maximum absolute atomic E-state index is 12.6. The minimum absolute atomic E-state index is 0.0763. The normalized spacial score (nSPS) is 12.1. The van der Waals surface area contributed by atoms with Crippen molar-refractivity contribution in [3.05, 3.63) is 60.3 Å². The van der Waals surface area contributed by atoms with Crippen LogP contribution in [-0.4, -0.2) is 17.6 Å². The number of hydrogen-bond donors (Lipinski definition) is 1. The Morgan fingerprint density at radius 2 is 1.96 bits per heavy atom. The van der Waals surface area contributed by atoms with Crippen molar-refractivity contribution >= 4 is 22.5 Å². The van der Waals surface area contributed by atoms with E-state index in [2.05, 4.69) is 30.4 Å². The van der Waals surface area contributed by atoms with Crippen molar-refractivity contribution in [1.29, 1.82) is 0 Å². The van der Waals surface area contributed by atoms with Crippen LogP contribution in [0.4, 0.5) is 5.69 Å². The Kier molecular flexibility index (Phi) is 4.06. The third kappa shape index (κ3) is 2.93. The van der Waals surface area contributed by atoms with Gasteiger partial charge < -0.3 is 14.6 Å². The highest BCUT2D eigenvalue weighted by atomic mass is 16.5. The molecule has 0 saturated carbocycles. The Morgan fingerprint density at radius 3 is 2.74 bits per heavy atom. The van der Waals surface area contributed by atoms with E-state index >= 15 is 0 Å². The fourth-order valence-corrected chi connectivity index (χ4v) is 2.73. The topological polar surface area (TPSA) is 43.3 Å². The molecule has 0 spiro atoms. The first-order chi connectivity index (χ1) is 11.1. The van der Waals surface area contributed by atoms with Gasteiger partial charge in [0.05, 0.1) is 12.8 Å². The molecule has 118 valence electrons. The Hall–Kier alpha value is -2.75. The number of carbonyl (C=O) groups excluding carboxylic acids is 1. The van der Waals surface area contributed by atoms with Gasteiger partial charge in [0.1, 0.15) is 11.8 Å². The molecule has 0 fully saturated rings. The van der Waals surface area contributed by atoms with Crippen molar-refractivity contribution in [3.63, 3.8) is 0 Å². The number of carbonyl (C=O) groups is 1. The summed E-state index contributed by atoms with van der Waals surface area (Å²) < 4.78 is 7.26. The maximum Gasteiger partial charge on any atom is 0.247 e. The van der Waals surface area contributed by atoms with E-state index in [0.29, 0.717) is 11.4 Å². The molecule has 3 rings (SSSR count). The van der Waals surface area contributed by atoms with Gasteiger partial charge in [0.15, 0.2) is 0 Å². The van der Waals surface area contributed by atoms with Gasteiger partial charge in [-0.3, -0.25) is 4.79 Å². The lowest BCUT2D eigenvalue weighted by molar-refractivity contribution is -0.118. The third-order valence-corrected chi connectivity index (χ3v) is 4.04. The first kappa shape index (κ1) is 15.2.